The summed E-state index contributed by atoms with van der Waals surface area (Å²) in [6.07, 6.45) is 5.32. The number of alkyl halides is 1. The summed E-state index contributed by atoms with van der Waals surface area (Å²) in [5.74, 6) is 2.22. The Morgan fingerprint density at radius 2 is 2.33 bits per heavy atom. The van der Waals surface area contributed by atoms with Gasteiger partial charge in [-0.1, -0.05) is 0 Å². The zero-order valence-corrected chi connectivity index (χ0v) is 13.9. The van der Waals surface area contributed by atoms with E-state index in [4.69, 9.17) is 16.0 Å². The van der Waals surface area contributed by atoms with E-state index in [0.29, 0.717) is 5.88 Å². The number of pyridine rings is 1. The molecule has 0 aliphatic rings. The molecule has 3 rings (SSSR count). The Hall–Kier alpha value is -1.33. The van der Waals surface area contributed by atoms with Crippen LogP contribution in [-0.4, -0.2) is 14.5 Å². The van der Waals surface area contributed by atoms with Crippen LogP contribution in [0.1, 0.15) is 31.0 Å². The van der Waals surface area contributed by atoms with E-state index in [9.17, 15) is 0 Å². The molecule has 21 heavy (non-hydrogen) atoms. The number of furan rings is 1. The summed E-state index contributed by atoms with van der Waals surface area (Å²) in [4.78, 5) is 9.06. The van der Waals surface area contributed by atoms with Gasteiger partial charge in [-0.15, -0.1) is 11.6 Å². The van der Waals surface area contributed by atoms with Crippen LogP contribution in [0.15, 0.2) is 39.5 Å². The van der Waals surface area contributed by atoms with Gasteiger partial charge in [-0.05, 0) is 47.5 Å². The summed E-state index contributed by atoms with van der Waals surface area (Å²) in [5.41, 5.74) is 1.74. The molecule has 0 N–H and O–H groups in total. The minimum absolute atomic E-state index is 0.252. The van der Waals surface area contributed by atoms with Crippen molar-refractivity contribution in [2.45, 2.75) is 31.7 Å². The van der Waals surface area contributed by atoms with Crippen molar-refractivity contribution < 1.29 is 4.42 Å². The molecule has 0 spiro atoms. The molecule has 3 aromatic rings. The molecule has 0 saturated carbocycles. The highest BCUT2D eigenvalue weighted by molar-refractivity contribution is 9.10. The number of rotatable bonds is 5. The van der Waals surface area contributed by atoms with Gasteiger partial charge in [0.25, 0.3) is 0 Å². The lowest BCUT2D eigenvalue weighted by molar-refractivity contribution is 0.451. The lowest BCUT2D eigenvalue weighted by atomic mass is 10.1. The van der Waals surface area contributed by atoms with Crippen LogP contribution in [0.5, 0.6) is 0 Å². The standard InChI is InChI=1S/C15H15BrClN3O/c1-10(4-5-12-3-2-6-21-12)20-14(8-17)19-13-7-11(16)9-18-15(13)20/h2-3,6-7,9-10H,4-5,8H2,1H3. The van der Waals surface area contributed by atoms with Gasteiger partial charge in [0, 0.05) is 23.1 Å². The highest BCUT2D eigenvalue weighted by Crippen LogP contribution is 2.25. The van der Waals surface area contributed by atoms with Gasteiger partial charge in [-0.25, -0.2) is 9.97 Å². The first-order valence-corrected chi connectivity index (χ1v) is 8.12. The second-order valence-corrected chi connectivity index (χ2v) is 6.18. The molecule has 3 aromatic heterocycles. The smallest absolute Gasteiger partial charge is 0.160 e. The average Bonchev–Trinajstić information content (AvgIpc) is 3.11. The van der Waals surface area contributed by atoms with E-state index in [2.05, 4.69) is 37.4 Å². The summed E-state index contributed by atoms with van der Waals surface area (Å²) < 4.78 is 8.43. The molecular formula is C15H15BrClN3O. The highest BCUT2D eigenvalue weighted by Gasteiger charge is 2.17. The van der Waals surface area contributed by atoms with E-state index in [0.717, 1.165) is 40.1 Å². The van der Waals surface area contributed by atoms with Crippen LogP contribution in [0.25, 0.3) is 11.2 Å². The van der Waals surface area contributed by atoms with E-state index in [1.54, 1.807) is 12.5 Å². The van der Waals surface area contributed by atoms with Crippen LogP contribution in [-0.2, 0) is 12.3 Å². The normalized spacial score (nSPS) is 12.9. The minimum Gasteiger partial charge on any atom is -0.469 e. The lowest BCUT2D eigenvalue weighted by Crippen LogP contribution is -2.10. The fraction of sp³-hybridized carbons (Fsp3) is 0.333. The van der Waals surface area contributed by atoms with Crippen molar-refractivity contribution in [3.63, 3.8) is 0 Å². The predicted octanol–water partition coefficient (Wildman–Crippen LogP) is 4.72. The van der Waals surface area contributed by atoms with Gasteiger partial charge in [0.05, 0.1) is 12.1 Å². The summed E-state index contributed by atoms with van der Waals surface area (Å²) in [6, 6.07) is 6.13. The van der Waals surface area contributed by atoms with Crippen LogP contribution in [0.3, 0.4) is 0 Å². The summed E-state index contributed by atoms with van der Waals surface area (Å²) in [5, 5.41) is 0. The maximum atomic E-state index is 6.05. The van der Waals surface area contributed by atoms with Crippen molar-refractivity contribution in [2.24, 2.45) is 0 Å². The number of nitrogens with zero attached hydrogens (tertiary/aromatic N) is 3. The van der Waals surface area contributed by atoms with Crippen molar-refractivity contribution >= 4 is 38.7 Å². The topological polar surface area (TPSA) is 43.9 Å². The SMILES string of the molecule is CC(CCc1ccco1)n1c(CCl)nc2cc(Br)cnc21. The molecule has 0 saturated heterocycles. The quantitative estimate of drug-likeness (QED) is 0.612. The molecule has 0 fully saturated rings. The lowest BCUT2D eigenvalue weighted by Gasteiger charge is -2.15. The number of aryl methyl sites for hydroxylation is 1. The van der Waals surface area contributed by atoms with Crippen molar-refractivity contribution in [3.8, 4) is 0 Å². The second kappa shape index (κ2) is 6.20. The molecule has 0 radical (unpaired) electrons. The second-order valence-electron chi connectivity index (χ2n) is 4.99. The molecule has 0 aliphatic heterocycles. The van der Waals surface area contributed by atoms with Gasteiger partial charge >= 0.3 is 0 Å². The van der Waals surface area contributed by atoms with Gasteiger partial charge in [-0.3, -0.25) is 0 Å². The Labute approximate surface area is 136 Å². The Morgan fingerprint density at radius 3 is 3.05 bits per heavy atom. The zero-order valence-electron chi connectivity index (χ0n) is 11.6. The molecule has 3 heterocycles. The largest absolute Gasteiger partial charge is 0.469 e. The summed E-state index contributed by atoms with van der Waals surface area (Å²) in [6.45, 7) is 2.16. The first kappa shape index (κ1) is 14.6. The van der Waals surface area contributed by atoms with Crippen molar-refractivity contribution in [1.29, 1.82) is 0 Å². The molecule has 1 atom stereocenters. The third-order valence-electron chi connectivity index (χ3n) is 3.52. The monoisotopic (exact) mass is 367 g/mol. The number of aromatic nitrogens is 3. The van der Waals surface area contributed by atoms with E-state index in [-0.39, 0.29) is 6.04 Å². The highest BCUT2D eigenvalue weighted by atomic mass is 79.9. The number of hydrogen-bond acceptors (Lipinski definition) is 3. The Bertz CT molecular complexity index is 739. The number of hydrogen-bond donors (Lipinski definition) is 0. The van der Waals surface area contributed by atoms with Gasteiger partial charge < -0.3 is 8.98 Å². The predicted molar refractivity (Wildman–Crippen MR) is 86.5 cm³/mol. The fourth-order valence-corrected chi connectivity index (χ4v) is 3.00. The molecule has 0 amide bonds. The maximum absolute atomic E-state index is 6.05. The Morgan fingerprint density at radius 1 is 1.48 bits per heavy atom. The van der Waals surface area contributed by atoms with Crippen molar-refractivity contribution in [3.05, 3.63) is 46.7 Å². The molecule has 1 unspecified atom stereocenters. The maximum Gasteiger partial charge on any atom is 0.160 e. The molecule has 0 aromatic carbocycles. The average molecular weight is 369 g/mol. The third kappa shape index (κ3) is 2.99. The van der Waals surface area contributed by atoms with Crippen LogP contribution in [0.4, 0.5) is 0 Å². The van der Waals surface area contributed by atoms with E-state index in [1.165, 1.54) is 0 Å². The van der Waals surface area contributed by atoms with E-state index >= 15 is 0 Å². The van der Waals surface area contributed by atoms with Crippen LogP contribution in [0.2, 0.25) is 0 Å². The van der Waals surface area contributed by atoms with Gasteiger partial charge in [0.2, 0.25) is 0 Å². The number of imidazole rings is 1. The zero-order chi connectivity index (χ0) is 14.8. The van der Waals surface area contributed by atoms with Crippen molar-refractivity contribution in [2.75, 3.05) is 0 Å². The van der Waals surface area contributed by atoms with Crippen LogP contribution in [0, 0.1) is 0 Å². The van der Waals surface area contributed by atoms with E-state index < -0.39 is 0 Å². The number of fused-ring (bicyclic) bond motifs is 1. The molecule has 110 valence electrons. The first-order valence-electron chi connectivity index (χ1n) is 6.79. The Balaban J connectivity index is 1.90. The summed E-state index contributed by atoms with van der Waals surface area (Å²) in [7, 11) is 0. The molecular weight excluding hydrogens is 354 g/mol. The molecule has 0 bridgehead atoms. The van der Waals surface area contributed by atoms with E-state index in [1.807, 2.05) is 18.2 Å². The molecule has 6 heteroatoms. The number of halogens is 2. The molecule has 4 nitrogen and oxygen atoms in total. The molecule has 0 aliphatic carbocycles. The van der Waals surface area contributed by atoms with Crippen LogP contribution < -0.4 is 0 Å². The Kier molecular flexibility index (Phi) is 4.31. The fourth-order valence-electron chi connectivity index (χ4n) is 2.50. The minimum atomic E-state index is 0.252. The third-order valence-corrected chi connectivity index (χ3v) is 4.19. The van der Waals surface area contributed by atoms with Gasteiger partial charge in [-0.2, -0.15) is 0 Å². The van der Waals surface area contributed by atoms with Gasteiger partial charge in [0.15, 0.2) is 5.65 Å². The first-order chi connectivity index (χ1) is 10.2. The van der Waals surface area contributed by atoms with Gasteiger partial charge in [0.1, 0.15) is 17.1 Å². The van der Waals surface area contributed by atoms with Crippen molar-refractivity contribution in [1.82, 2.24) is 14.5 Å². The van der Waals surface area contributed by atoms with Crippen LogP contribution >= 0.6 is 27.5 Å². The summed E-state index contributed by atoms with van der Waals surface area (Å²) >= 11 is 9.47.